The zero-order valence-electron chi connectivity index (χ0n) is 11.0. The molecule has 0 amide bonds. The van der Waals surface area contributed by atoms with E-state index in [1.807, 2.05) is 0 Å². The number of sulfone groups is 1. The lowest BCUT2D eigenvalue weighted by Crippen LogP contribution is -2.28. The van der Waals surface area contributed by atoms with Crippen LogP contribution in [0.4, 0.5) is 0 Å². The van der Waals surface area contributed by atoms with Crippen molar-refractivity contribution in [2.75, 3.05) is 0 Å². The van der Waals surface area contributed by atoms with E-state index in [1.54, 1.807) is 6.07 Å². The van der Waals surface area contributed by atoms with Crippen molar-refractivity contribution in [3.63, 3.8) is 0 Å². The number of benzene rings is 1. The minimum absolute atomic E-state index is 0.0331. The molecule has 7 heteroatoms. The van der Waals surface area contributed by atoms with Crippen LogP contribution in [-0.4, -0.2) is 26.6 Å². The summed E-state index contributed by atoms with van der Waals surface area (Å²) in [6.45, 7) is 5.50. The smallest absolute Gasteiger partial charge is 0.306 e. The van der Waals surface area contributed by atoms with E-state index in [1.165, 1.54) is 24.3 Å². The molecule has 6 nitrogen and oxygen atoms in total. The SMILES string of the molecule is C=C(C(OC(C)=O)OC(C)=O)S(=O)(=O)c1ccccc1. The van der Waals surface area contributed by atoms with Crippen LogP contribution in [0.25, 0.3) is 0 Å². The van der Waals surface area contributed by atoms with Crippen LogP contribution in [0.2, 0.25) is 0 Å². The number of hydrogen-bond acceptors (Lipinski definition) is 6. The van der Waals surface area contributed by atoms with Gasteiger partial charge in [-0.15, -0.1) is 0 Å². The van der Waals surface area contributed by atoms with Crippen molar-refractivity contribution in [1.82, 2.24) is 0 Å². The van der Waals surface area contributed by atoms with E-state index in [-0.39, 0.29) is 4.90 Å². The van der Waals surface area contributed by atoms with Crippen molar-refractivity contribution in [3.05, 3.63) is 41.8 Å². The van der Waals surface area contributed by atoms with Crippen LogP contribution in [0.3, 0.4) is 0 Å². The minimum Gasteiger partial charge on any atom is -0.420 e. The van der Waals surface area contributed by atoms with Crippen LogP contribution in [0, 0.1) is 0 Å². The molecule has 0 unspecified atom stereocenters. The quantitative estimate of drug-likeness (QED) is 0.603. The van der Waals surface area contributed by atoms with Crippen LogP contribution in [0.5, 0.6) is 0 Å². The maximum Gasteiger partial charge on any atom is 0.306 e. The fourth-order valence-electron chi connectivity index (χ4n) is 1.33. The predicted molar refractivity (Wildman–Crippen MR) is 70.1 cm³/mol. The van der Waals surface area contributed by atoms with Crippen molar-refractivity contribution >= 4 is 21.8 Å². The number of carbonyl (C=O) groups is 2. The lowest BCUT2D eigenvalue weighted by Gasteiger charge is -2.18. The number of ether oxygens (including phenoxy) is 2. The van der Waals surface area contributed by atoms with Crippen molar-refractivity contribution in [1.29, 1.82) is 0 Å². The number of hydrogen-bond donors (Lipinski definition) is 0. The van der Waals surface area contributed by atoms with E-state index in [2.05, 4.69) is 16.1 Å². The van der Waals surface area contributed by atoms with Gasteiger partial charge in [0.1, 0.15) is 4.91 Å². The van der Waals surface area contributed by atoms with E-state index >= 15 is 0 Å². The van der Waals surface area contributed by atoms with E-state index < -0.39 is 33.0 Å². The van der Waals surface area contributed by atoms with Crippen molar-refractivity contribution in [3.8, 4) is 0 Å². The summed E-state index contributed by atoms with van der Waals surface area (Å²) in [6, 6.07) is 7.44. The summed E-state index contributed by atoms with van der Waals surface area (Å²) in [4.78, 5) is 21.4. The molecule has 0 aliphatic rings. The Morgan fingerprint density at radius 1 is 1.05 bits per heavy atom. The molecule has 1 aromatic rings. The molecule has 0 saturated carbocycles. The van der Waals surface area contributed by atoms with Gasteiger partial charge in [-0.25, -0.2) is 8.42 Å². The molecule has 0 spiro atoms. The lowest BCUT2D eigenvalue weighted by atomic mass is 10.4. The highest BCUT2D eigenvalue weighted by atomic mass is 32.2. The van der Waals surface area contributed by atoms with Crippen LogP contribution in [-0.2, 0) is 28.9 Å². The summed E-state index contributed by atoms with van der Waals surface area (Å²) >= 11 is 0. The van der Waals surface area contributed by atoms with Crippen LogP contribution >= 0.6 is 0 Å². The molecule has 0 N–H and O–H groups in total. The zero-order chi connectivity index (χ0) is 15.3. The normalized spacial score (nSPS) is 10.9. The summed E-state index contributed by atoms with van der Waals surface area (Å²) in [6.07, 6.45) is -1.67. The van der Waals surface area contributed by atoms with E-state index in [0.717, 1.165) is 13.8 Å². The molecule has 1 rings (SSSR count). The maximum absolute atomic E-state index is 12.3. The van der Waals surface area contributed by atoms with E-state index in [0.29, 0.717) is 0 Å². The van der Waals surface area contributed by atoms with Gasteiger partial charge in [-0.2, -0.15) is 0 Å². The minimum atomic E-state index is -3.98. The Balaban J connectivity index is 3.11. The standard InChI is InChI=1S/C13H14O6S/c1-9(13(18-10(2)14)19-11(3)15)20(16,17)12-7-5-4-6-8-12/h4-8,13H,1H2,2-3H3. The number of esters is 2. The lowest BCUT2D eigenvalue weighted by molar-refractivity contribution is -0.176. The molecule has 0 bridgehead atoms. The molecule has 1 aromatic carbocycles. The highest BCUT2D eigenvalue weighted by Crippen LogP contribution is 2.22. The van der Waals surface area contributed by atoms with E-state index in [4.69, 9.17) is 0 Å². The Kier molecular flexibility index (Phi) is 5.04. The predicted octanol–water partition coefficient (Wildman–Crippen LogP) is 1.43. The zero-order valence-corrected chi connectivity index (χ0v) is 11.8. The van der Waals surface area contributed by atoms with Gasteiger partial charge in [0.15, 0.2) is 0 Å². The Morgan fingerprint density at radius 3 is 1.90 bits per heavy atom. The molecule has 108 valence electrons. The first-order chi connectivity index (χ1) is 9.25. The van der Waals surface area contributed by atoms with Crippen molar-refractivity contribution < 1.29 is 27.5 Å². The van der Waals surface area contributed by atoms with Gasteiger partial charge >= 0.3 is 11.9 Å². The number of carbonyl (C=O) groups excluding carboxylic acids is 2. The molecule has 0 aliphatic carbocycles. The summed E-state index contributed by atoms with van der Waals surface area (Å²) in [5, 5.41) is 0. The molecule has 0 aromatic heterocycles. The summed E-state index contributed by atoms with van der Waals surface area (Å²) < 4.78 is 33.8. The first kappa shape index (κ1) is 15.9. The molecule has 0 heterocycles. The average molecular weight is 298 g/mol. The van der Waals surface area contributed by atoms with Gasteiger partial charge in [-0.05, 0) is 12.1 Å². The van der Waals surface area contributed by atoms with Crippen LogP contribution in [0.15, 0.2) is 46.7 Å². The first-order valence-corrected chi connectivity index (χ1v) is 7.07. The second kappa shape index (κ2) is 6.33. The second-order valence-corrected chi connectivity index (χ2v) is 5.84. The maximum atomic E-state index is 12.3. The van der Waals surface area contributed by atoms with E-state index in [9.17, 15) is 18.0 Å². The van der Waals surface area contributed by atoms with Crippen molar-refractivity contribution in [2.45, 2.75) is 25.0 Å². The van der Waals surface area contributed by atoms with Crippen molar-refractivity contribution in [2.24, 2.45) is 0 Å². The van der Waals surface area contributed by atoms with Crippen LogP contribution in [0.1, 0.15) is 13.8 Å². The Labute approximate surface area is 116 Å². The fourth-order valence-corrected chi connectivity index (χ4v) is 2.50. The topological polar surface area (TPSA) is 86.7 Å². The average Bonchev–Trinajstić information content (AvgIpc) is 2.37. The van der Waals surface area contributed by atoms with Gasteiger partial charge in [0.2, 0.25) is 9.84 Å². The Bertz CT molecular complexity index is 602. The largest absolute Gasteiger partial charge is 0.420 e. The second-order valence-electron chi connectivity index (χ2n) is 3.83. The third-order valence-corrected chi connectivity index (χ3v) is 3.98. The third kappa shape index (κ3) is 3.92. The molecule has 0 radical (unpaired) electrons. The van der Waals surface area contributed by atoms with Gasteiger partial charge in [0.25, 0.3) is 6.29 Å². The van der Waals surface area contributed by atoms with Gasteiger partial charge < -0.3 is 9.47 Å². The fraction of sp³-hybridized carbons (Fsp3) is 0.231. The van der Waals surface area contributed by atoms with Crippen LogP contribution < -0.4 is 0 Å². The Hall–Kier alpha value is -2.15. The highest BCUT2D eigenvalue weighted by Gasteiger charge is 2.30. The monoisotopic (exact) mass is 298 g/mol. The molecule has 20 heavy (non-hydrogen) atoms. The molecule has 0 atom stereocenters. The molecule has 0 fully saturated rings. The Morgan fingerprint density at radius 2 is 1.50 bits per heavy atom. The van der Waals surface area contributed by atoms with Gasteiger partial charge in [-0.1, -0.05) is 24.8 Å². The summed E-state index contributed by atoms with van der Waals surface area (Å²) in [7, 11) is -3.98. The number of rotatable bonds is 5. The molecular weight excluding hydrogens is 284 g/mol. The summed E-state index contributed by atoms with van der Waals surface area (Å²) in [5.74, 6) is -1.58. The van der Waals surface area contributed by atoms with Gasteiger partial charge in [-0.3, -0.25) is 9.59 Å². The van der Waals surface area contributed by atoms with Gasteiger partial charge in [0.05, 0.1) is 4.90 Å². The third-order valence-electron chi connectivity index (χ3n) is 2.21. The first-order valence-electron chi connectivity index (χ1n) is 5.58. The highest BCUT2D eigenvalue weighted by molar-refractivity contribution is 7.95. The molecule has 0 aliphatic heterocycles. The van der Waals surface area contributed by atoms with Gasteiger partial charge in [0, 0.05) is 13.8 Å². The molecule has 0 saturated heterocycles. The summed E-state index contributed by atoms with van der Waals surface area (Å²) in [5.41, 5.74) is 0. The molecular formula is C13H14O6S.